The highest BCUT2D eigenvalue weighted by molar-refractivity contribution is 5.85. The minimum atomic E-state index is -0.480. The highest BCUT2D eigenvalue weighted by Crippen LogP contribution is 2.39. The van der Waals surface area contributed by atoms with Crippen molar-refractivity contribution in [2.75, 3.05) is 19.0 Å². The summed E-state index contributed by atoms with van der Waals surface area (Å²) in [5.74, 6) is 0.871. The highest BCUT2D eigenvalue weighted by Gasteiger charge is 2.27. The molecule has 1 aliphatic rings. The molecule has 5 nitrogen and oxygen atoms in total. The third-order valence-corrected chi connectivity index (χ3v) is 2.67. The normalized spacial score (nSPS) is 14.5. The van der Waals surface area contributed by atoms with Crippen LogP contribution in [-0.2, 0) is 4.74 Å². The lowest BCUT2D eigenvalue weighted by molar-refractivity contribution is 0.0586. The summed E-state index contributed by atoms with van der Waals surface area (Å²) in [6.07, 6.45) is 3.30. The van der Waals surface area contributed by atoms with Crippen LogP contribution in [0.3, 0.4) is 0 Å². The van der Waals surface area contributed by atoms with Crippen molar-refractivity contribution in [2.24, 2.45) is 0 Å². The molecule has 1 aromatic heterocycles. The molecule has 0 aliphatic heterocycles. The fraction of sp³-hybridized carbons (Fsp3) is 0.583. The van der Waals surface area contributed by atoms with Crippen LogP contribution in [0.4, 0.5) is 5.82 Å². The Morgan fingerprint density at radius 1 is 1.53 bits per heavy atom. The van der Waals surface area contributed by atoms with Gasteiger partial charge in [0, 0.05) is 24.2 Å². The Morgan fingerprint density at radius 2 is 2.29 bits per heavy atom. The summed E-state index contributed by atoms with van der Waals surface area (Å²) >= 11 is 0. The standard InChI is InChI=1S/C12H17N3O2/c1-3-6-13-10-7-9(8-4-5-8)14-11(15-10)12(16)17-2/h7-8H,3-6H2,1-2H3,(H,13,14,15). The molecular formula is C12H17N3O2. The van der Waals surface area contributed by atoms with E-state index in [0.29, 0.717) is 11.7 Å². The Labute approximate surface area is 101 Å². The van der Waals surface area contributed by atoms with Crippen molar-refractivity contribution >= 4 is 11.8 Å². The molecule has 17 heavy (non-hydrogen) atoms. The van der Waals surface area contributed by atoms with E-state index >= 15 is 0 Å². The van der Waals surface area contributed by atoms with Gasteiger partial charge in [0.1, 0.15) is 5.82 Å². The van der Waals surface area contributed by atoms with Crippen LogP contribution in [0.25, 0.3) is 0 Å². The largest absolute Gasteiger partial charge is 0.463 e. The number of nitrogens with zero attached hydrogens (tertiary/aromatic N) is 2. The number of carbonyl (C=O) groups is 1. The van der Waals surface area contributed by atoms with Gasteiger partial charge in [-0.25, -0.2) is 14.8 Å². The van der Waals surface area contributed by atoms with E-state index in [4.69, 9.17) is 0 Å². The molecule has 0 saturated heterocycles. The number of ether oxygens (including phenoxy) is 1. The first-order chi connectivity index (χ1) is 8.24. The smallest absolute Gasteiger partial charge is 0.376 e. The zero-order valence-corrected chi connectivity index (χ0v) is 10.2. The van der Waals surface area contributed by atoms with Crippen LogP contribution in [-0.4, -0.2) is 29.6 Å². The van der Waals surface area contributed by atoms with Gasteiger partial charge < -0.3 is 10.1 Å². The van der Waals surface area contributed by atoms with E-state index in [1.807, 2.05) is 6.07 Å². The number of esters is 1. The van der Waals surface area contributed by atoms with E-state index in [-0.39, 0.29) is 5.82 Å². The Hall–Kier alpha value is -1.65. The number of hydrogen-bond donors (Lipinski definition) is 1. The topological polar surface area (TPSA) is 64.1 Å². The number of anilines is 1. The molecule has 0 aromatic carbocycles. The van der Waals surface area contributed by atoms with Gasteiger partial charge in [-0.05, 0) is 19.3 Å². The summed E-state index contributed by atoms with van der Waals surface area (Å²) in [6, 6.07) is 1.93. The lowest BCUT2D eigenvalue weighted by atomic mass is 10.2. The molecule has 2 rings (SSSR count). The minimum Gasteiger partial charge on any atom is -0.463 e. The second kappa shape index (κ2) is 5.12. The Bertz CT molecular complexity index is 416. The van der Waals surface area contributed by atoms with Gasteiger partial charge >= 0.3 is 5.97 Å². The van der Waals surface area contributed by atoms with Gasteiger partial charge in [-0.1, -0.05) is 6.92 Å². The zero-order valence-electron chi connectivity index (χ0n) is 10.2. The molecule has 0 atom stereocenters. The summed E-state index contributed by atoms with van der Waals surface area (Å²) in [6.45, 7) is 2.92. The quantitative estimate of drug-likeness (QED) is 0.790. The van der Waals surface area contributed by atoms with Crippen molar-refractivity contribution in [3.63, 3.8) is 0 Å². The Morgan fingerprint density at radius 3 is 2.88 bits per heavy atom. The summed E-state index contributed by atoms with van der Waals surface area (Å²) in [7, 11) is 1.34. The molecular weight excluding hydrogens is 218 g/mol. The molecule has 1 N–H and O–H groups in total. The molecule has 1 heterocycles. The van der Waals surface area contributed by atoms with Crippen molar-refractivity contribution in [1.29, 1.82) is 0 Å². The number of carbonyl (C=O) groups excluding carboxylic acids is 1. The lowest BCUT2D eigenvalue weighted by Gasteiger charge is -2.07. The summed E-state index contributed by atoms with van der Waals surface area (Å²) in [4.78, 5) is 19.9. The van der Waals surface area contributed by atoms with Gasteiger partial charge in [-0.15, -0.1) is 0 Å². The second-order valence-electron chi connectivity index (χ2n) is 4.19. The van der Waals surface area contributed by atoms with Crippen molar-refractivity contribution in [2.45, 2.75) is 32.1 Å². The van der Waals surface area contributed by atoms with Crippen LogP contribution in [0.15, 0.2) is 6.07 Å². The number of rotatable bonds is 5. The molecule has 0 spiro atoms. The van der Waals surface area contributed by atoms with Crippen molar-refractivity contribution in [3.05, 3.63) is 17.6 Å². The molecule has 1 fully saturated rings. The third-order valence-electron chi connectivity index (χ3n) is 2.67. The van der Waals surface area contributed by atoms with Crippen molar-refractivity contribution < 1.29 is 9.53 Å². The van der Waals surface area contributed by atoms with Gasteiger partial charge in [0.05, 0.1) is 7.11 Å². The first kappa shape index (κ1) is 11.8. The van der Waals surface area contributed by atoms with Crippen LogP contribution < -0.4 is 5.32 Å². The van der Waals surface area contributed by atoms with E-state index in [1.165, 1.54) is 7.11 Å². The average molecular weight is 235 g/mol. The summed E-state index contributed by atoms with van der Waals surface area (Å²) < 4.78 is 4.66. The van der Waals surface area contributed by atoms with E-state index in [0.717, 1.165) is 31.5 Å². The number of aromatic nitrogens is 2. The first-order valence-corrected chi connectivity index (χ1v) is 5.95. The SMILES string of the molecule is CCCNc1cc(C2CC2)nc(C(=O)OC)n1. The lowest BCUT2D eigenvalue weighted by Crippen LogP contribution is -2.12. The van der Waals surface area contributed by atoms with E-state index in [1.54, 1.807) is 0 Å². The molecule has 1 aromatic rings. The molecule has 0 unspecified atom stereocenters. The van der Waals surface area contributed by atoms with Crippen LogP contribution >= 0.6 is 0 Å². The van der Waals surface area contributed by atoms with Crippen LogP contribution in [0.1, 0.15) is 48.4 Å². The van der Waals surface area contributed by atoms with Gasteiger partial charge in [-0.3, -0.25) is 0 Å². The monoisotopic (exact) mass is 235 g/mol. The van der Waals surface area contributed by atoms with Crippen molar-refractivity contribution in [3.8, 4) is 0 Å². The maximum atomic E-state index is 11.5. The molecule has 1 aliphatic carbocycles. The van der Waals surface area contributed by atoms with Crippen LogP contribution in [0, 0.1) is 0 Å². The van der Waals surface area contributed by atoms with Crippen LogP contribution in [0.2, 0.25) is 0 Å². The molecule has 92 valence electrons. The predicted molar refractivity (Wildman–Crippen MR) is 64.1 cm³/mol. The second-order valence-corrected chi connectivity index (χ2v) is 4.19. The number of hydrogen-bond acceptors (Lipinski definition) is 5. The average Bonchev–Trinajstić information content (AvgIpc) is 3.19. The van der Waals surface area contributed by atoms with E-state index in [9.17, 15) is 4.79 Å². The van der Waals surface area contributed by atoms with Gasteiger partial charge in [-0.2, -0.15) is 0 Å². The fourth-order valence-electron chi connectivity index (χ4n) is 1.58. The third kappa shape index (κ3) is 2.93. The molecule has 0 radical (unpaired) electrons. The molecule has 5 heteroatoms. The van der Waals surface area contributed by atoms with E-state index < -0.39 is 5.97 Å². The van der Waals surface area contributed by atoms with Gasteiger partial charge in [0.2, 0.25) is 5.82 Å². The maximum absolute atomic E-state index is 11.5. The highest BCUT2D eigenvalue weighted by atomic mass is 16.5. The summed E-state index contributed by atoms with van der Waals surface area (Å²) in [5.41, 5.74) is 0.944. The number of methoxy groups -OCH3 is 1. The first-order valence-electron chi connectivity index (χ1n) is 5.95. The Kier molecular flexibility index (Phi) is 3.56. The van der Waals surface area contributed by atoms with E-state index in [2.05, 4.69) is 26.9 Å². The minimum absolute atomic E-state index is 0.149. The van der Waals surface area contributed by atoms with Gasteiger partial charge in [0.25, 0.3) is 0 Å². The van der Waals surface area contributed by atoms with Crippen molar-refractivity contribution in [1.82, 2.24) is 9.97 Å². The zero-order chi connectivity index (χ0) is 12.3. The molecule has 1 saturated carbocycles. The Balaban J connectivity index is 2.25. The molecule has 0 bridgehead atoms. The fourth-order valence-corrected chi connectivity index (χ4v) is 1.58. The summed E-state index contributed by atoms with van der Waals surface area (Å²) in [5, 5.41) is 3.18. The number of nitrogens with one attached hydrogen (secondary N) is 1. The van der Waals surface area contributed by atoms with Gasteiger partial charge in [0.15, 0.2) is 0 Å². The molecule has 0 amide bonds. The van der Waals surface area contributed by atoms with Crippen LogP contribution in [0.5, 0.6) is 0 Å². The predicted octanol–water partition coefficient (Wildman–Crippen LogP) is 1.96. The maximum Gasteiger partial charge on any atom is 0.376 e.